The van der Waals surface area contributed by atoms with Gasteiger partial charge in [-0.05, 0) is 38.5 Å². The Morgan fingerprint density at radius 1 is 1.29 bits per heavy atom. The van der Waals surface area contributed by atoms with E-state index in [2.05, 4.69) is 24.8 Å². The van der Waals surface area contributed by atoms with Gasteiger partial charge in [0.2, 0.25) is 11.8 Å². The number of anilines is 1. The summed E-state index contributed by atoms with van der Waals surface area (Å²) in [6.07, 6.45) is 4.69. The van der Waals surface area contributed by atoms with Gasteiger partial charge in [0.25, 0.3) is 5.95 Å². The second kappa shape index (κ2) is 7.09. The van der Waals surface area contributed by atoms with Crippen molar-refractivity contribution >= 4 is 11.9 Å². The van der Waals surface area contributed by atoms with E-state index in [1.165, 1.54) is 6.42 Å². The van der Waals surface area contributed by atoms with E-state index in [1.54, 1.807) is 0 Å². The van der Waals surface area contributed by atoms with Gasteiger partial charge >= 0.3 is 0 Å². The monoisotopic (exact) mass is 335 g/mol. The topological polar surface area (TPSA) is 65.7 Å². The van der Waals surface area contributed by atoms with Crippen molar-refractivity contribution in [3.05, 3.63) is 5.89 Å². The molecule has 134 valence electrons. The Labute approximate surface area is 144 Å². The molecule has 0 radical (unpaired) electrons. The Kier molecular flexibility index (Phi) is 5.08. The van der Waals surface area contributed by atoms with E-state index in [4.69, 9.17) is 4.52 Å². The minimum absolute atomic E-state index is 0.172. The van der Waals surface area contributed by atoms with Crippen molar-refractivity contribution in [2.24, 2.45) is 5.41 Å². The third kappa shape index (κ3) is 3.71. The molecule has 3 rings (SSSR count). The number of hydrogen-bond acceptors (Lipinski definition) is 6. The SMILES string of the molecule is CCc1nc(N2CCCC3(CCC(=O)N(CCN(C)C)C3)C2)no1. The molecule has 2 saturated heterocycles. The third-order valence-corrected chi connectivity index (χ3v) is 5.27. The molecule has 0 N–H and O–H groups in total. The van der Waals surface area contributed by atoms with Gasteiger partial charge in [0, 0.05) is 51.0 Å². The standard InChI is InChI=1S/C17H29N5O2/c1-4-14-18-16(19-24-14)22-9-5-7-17(13-22)8-6-15(23)21(12-17)11-10-20(2)3/h4-13H2,1-3H3. The number of aromatic nitrogens is 2. The third-order valence-electron chi connectivity index (χ3n) is 5.27. The van der Waals surface area contributed by atoms with Crippen LogP contribution in [-0.4, -0.2) is 72.7 Å². The van der Waals surface area contributed by atoms with Crippen LogP contribution in [0.3, 0.4) is 0 Å². The van der Waals surface area contributed by atoms with Crippen molar-refractivity contribution in [2.45, 2.75) is 39.0 Å². The van der Waals surface area contributed by atoms with E-state index in [9.17, 15) is 4.79 Å². The highest BCUT2D eigenvalue weighted by molar-refractivity contribution is 5.77. The minimum atomic E-state index is 0.172. The van der Waals surface area contributed by atoms with Crippen LogP contribution in [0.2, 0.25) is 0 Å². The Hall–Kier alpha value is -1.63. The molecule has 1 aromatic rings. The molecular weight excluding hydrogens is 306 g/mol. The number of hydrogen-bond donors (Lipinski definition) is 0. The first kappa shape index (κ1) is 17.2. The molecule has 1 atom stereocenters. The smallest absolute Gasteiger partial charge is 0.266 e. The summed E-state index contributed by atoms with van der Waals surface area (Å²) in [7, 11) is 4.10. The number of amides is 1. The molecule has 0 aliphatic carbocycles. The largest absolute Gasteiger partial charge is 0.341 e. The molecule has 1 spiro atoms. The number of rotatable bonds is 5. The van der Waals surface area contributed by atoms with E-state index in [0.717, 1.165) is 52.0 Å². The van der Waals surface area contributed by atoms with Gasteiger partial charge in [0.05, 0.1) is 0 Å². The second-order valence-corrected chi connectivity index (χ2v) is 7.49. The first-order valence-corrected chi connectivity index (χ1v) is 9.01. The highest BCUT2D eigenvalue weighted by atomic mass is 16.5. The average Bonchev–Trinajstić information content (AvgIpc) is 3.05. The molecule has 24 heavy (non-hydrogen) atoms. The van der Waals surface area contributed by atoms with Gasteiger partial charge in [-0.25, -0.2) is 0 Å². The van der Waals surface area contributed by atoms with Crippen LogP contribution in [0.5, 0.6) is 0 Å². The Morgan fingerprint density at radius 3 is 2.83 bits per heavy atom. The zero-order valence-corrected chi connectivity index (χ0v) is 15.1. The molecule has 1 aromatic heterocycles. The molecule has 7 nitrogen and oxygen atoms in total. The first-order chi connectivity index (χ1) is 11.5. The quantitative estimate of drug-likeness (QED) is 0.810. The van der Waals surface area contributed by atoms with Crippen LogP contribution in [-0.2, 0) is 11.2 Å². The van der Waals surface area contributed by atoms with Crippen LogP contribution in [0.15, 0.2) is 4.52 Å². The molecule has 1 amide bonds. The highest BCUT2D eigenvalue weighted by Gasteiger charge is 2.42. The van der Waals surface area contributed by atoms with Crippen molar-refractivity contribution in [1.82, 2.24) is 19.9 Å². The predicted octanol–water partition coefficient (Wildman–Crippen LogP) is 1.40. The van der Waals surface area contributed by atoms with Gasteiger partial charge in [0.1, 0.15) is 0 Å². The molecule has 1 unspecified atom stereocenters. The van der Waals surface area contributed by atoms with Crippen LogP contribution in [0.4, 0.5) is 5.95 Å². The maximum absolute atomic E-state index is 12.3. The van der Waals surface area contributed by atoms with Crippen molar-refractivity contribution in [3.63, 3.8) is 0 Å². The number of carbonyl (C=O) groups is 1. The minimum Gasteiger partial charge on any atom is -0.341 e. The molecule has 7 heteroatoms. The van der Waals surface area contributed by atoms with Gasteiger partial charge in [-0.3, -0.25) is 4.79 Å². The molecule has 0 aromatic carbocycles. The Morgan fingerprint density at radius 2 is 2.12 bits per heavy atom. The molecular formula is C17H29N5O2. The predicted molar refractivity (Wildman–Crippen MR) is 91.9 cm³/mol. The number of carbonyl (C=O) groups excluding carboxylic acids is 1. The zero-order valence-electron chi connectivity index (χ0n) is 15.1. The Bertz CT molecular complexity index is 573. The van der Waals surface area contributed by atoms with Crippen molar-refractivity contribution in [1.29, 1.82) is 0 Å². The molecule has 2 fully saturated rings. The first-order valence-electron chi connectivity index (χ1n) is 9.01. The lowest BCUT2D eigenvalue weighted by Gasteiger charge is -2.48. The van der Waals surface area contributed by atoms with E-state index in [-0.39, 0.29) is 5.41 Å². The number of likely N-dealkylation sites (tertiary alicyclic amines) is 1. The number of likely N-dealkylation sites (N-methyl/N-ethyl adjacent to an activating group) is 1. The van der Waals surface area contributed by atoms with Crippen molar-refractivity contribution in [2.75, 3.05) is 51.7 Å². The maximum Gasteiger partial charge on any atom is 0.266 e. The molecule has 3 heterocycles. The number of aryl methyl sites for hydroxylation is 1. The highest BCUT2D eigenvalue weighted by Crippen LogP contribution is 2.39. The van der Waals surface area contributed by atoms with Crippen LogP contribution in [0, 0.1) is 5.41 Å². The summed E-state index contributed by atoms with van der Waals surface area (Å²) in [6.45, 7) is 6.49. The number of nitrogens with zero attached hydrogens (tertiary/aromatic N) is 5. The van der Waals surface area contributed by atoms with Gasteiger partial charge in [-0.15, -0.1) is 0 Å². The summed E-state index contributed by atoms with van der Waals surface area (Å²) in [5, 5.41) is 4.13. The van der Waals surface area contributed by atoms with Crippen LogP contribution < -0.4 is 4.90 Å². The van der Waals surface area contributed by atoms with E-state index >= 15 is 0 Å². The fourth-order valence-corrected chi connectivity index (χ4v) is 3.86. The lowest BCUT2D eigenvalue weighted by Crippen LogP contribution is -2.55. The van der Waals surface area contributed by atoms with E-state index < -0.39 is 0 Å². The lowest BCUT2D eigenvalue weighted by atomic mass is 9.73. The average molecular weight is 335 g/mol. The summed E-state index contributed by atoms with van der Waals surface area (Å²) in [4.78, 5) is 23.2. The zero-order chi connectivity index (χ0) is 17.2. The van der Waals surface area contributed by atoms with Crippen molar-refractivity contribution < 1.29 is 9.32 Å². The summed E-state index contributed by atoms with van der Waals surface area (Å²) in [6, 6.07) is 0. The summed E-state index contributed by atoms with van der Waals surface area (Å²) in [5.41, 5.74) is 0.172. The summed E-state index contributed by atoms with van der Waals surface area (Å²) in [5.74, 6) is 1.70. The summed E-state index contributed by atoms with van der Waals surface area (Å²) < 4.78 is 5.27. The summed E-state index contributed by atoms with van der Waals surface area (Å²) >= 11 is 0. The van der Waals surface area contributed by atoms with Crippen LogP contribution >= 0.6 is 0 Å². The van der Waals surface area contributed by atoms with Gasteiger partial charge < -0.3 is 19.2 Å². The van der Waals surface area contributed by atoms with Gasteiger partial charge in [-0.2, -0.15) is 4.98 Å². The van der Waals surface area contributed by atoms with Crippen molar-refractivity contribution in [3.8, 4) is 0 Å². The normalized spacial score (nSPS) is 25.1. The Balaban J connectivity index is 1.68. The molecule has 0 bridgehead atoms. The molecule has 2 aliphatic heterocycles. The number of piperidine rings is 2. The van der Waals surface area contributed by atoms with E-state index in [0.29, 0.717) is 24.2 Å². The van der Waals surface area contributed by atoms with Crippen LogP contribution in [0.25, 0.3) is 0 Å². The van der Waals surface area contributed by atoms with Crippen LogP contribution in [0.1, 0.15) is 38.5 Å². The van der Waals surface area contributed by atoms with Gasteiger partial charge in [-0.1, -0.05) is 6.92 Å². The fraction of sp³-hybridized carbons (Fsp3) is 0.824. The molecule has 2 aliphatic rings. The fourth-order valence-electron chi connectivity index (χ4n) is 3.86. The maximum atomic E-state index is 12.3. The second-order valence-electron chi connectivity index (χ2n) is 7.49. The van der Waals surface area contributed by atoms with Gasteiger partial charge in [0.15, 0.2) is 0 Å². The van der Waals surface area contributed by atoms with E-state index in [1.807, 2.05) is 21.0 Å². The molecule has 0 saturated carbocycles. The lowest BCUT2D eigenvalue weighted by molar-refractivity contribution is -0.138.